The Kier molecular flexibility index (Phi) is 6.48. The first-order valence-electron chi connectivity index (χ1n) is 10.9. The Morgan fingerprint density at radius 3 is 2.93 bits per heavy atom. The van der Waals surface area contributed by atoms with Crippen LogP contribution in [0.4, 0.5) is 0 Å². The number of aromatic nitrogens is 4. The van der Waals surface area contributed by atoms with Crippen molar-refractivity contribution in [2.24, 2.45) is 0 Å². The minimum Gasteiger partial charge on any atom is -0.385 e. The molecule has 2 aromatic rings. The van der Waals surface area contributed by atoms with Crippen molar-refractivity contribution < 1.29 is 18.8 Å². The molecule has 164 valence electrons. The van der Waals surface area contributed by atoms with Gasteiger partial charge in [-0.15, -0.1) is 0 Å². The zero-order chi connectivity index (χ0) is 21.0. The smallest absolute Gasteiger partial charge is 0.274 e. The molecule has 0 N–H and O–H groups in total. The lowest BCUT2D eigenvalue weighted by Gasteiger charge is -2.40. The Bertz CT molecular complexity index is 844. The largest absolute Gasteiger partial charge is 0.385 e. The average Bonchev–Trinajstić information content (AvgIpc) is 3.48. The monoisotopic (exact) mass is 417 g/mol. The Labute approximate surface area is 176 Å². The van der Waals surface area contributed by atoms with Crippen molar-refractivity contribution in [1.82, 2.24) is 24.8 Å². The minimum atomic E-state index is -0.371. The molecule has 1 unspecified atom stereocenters. The van der Waals surface area contributed by atoms with Crippen molar-refractivity contribution in [1.29, 1.82) is 0 Å². The Hall–Kier alpha value is -2.26. The van der Waals surface area contributed by atoms with Crippen LogP contribution in [-0.4, -0.2) is 70.7 Å². The van der Waals surface area contributed by atoms with Crippen molar-refractivity contribution in [2.45, 2.75) is 56.9 Å². The van der Waals surface area contributed by atoms with Crippen LogP contribution in [0.3, 0.4) is 0 Å². The maximum Gasteiger partial charge on any atom is 0.274 e. The third-order valence-electron chi connectivity index (χ3n) is 6.32. The number of methoxy groups -OCH3 is 1. The van der Waals surface area contributed by atoms with Gasteiger partial charge in [0, 0.05) is 58.7 Å². The second kappa shape index (κ2) is 9.26. The van der Waals surface area contributed by atoms with E-state index < -0.39 is 0 Å². The van der Waals surface area contributed by atoms with Gasteiger partial charge in [-0.2, -0.15) is 10.1 Å². The normalized spacial score (nSPS) is 23.1. The molecule has 9 heteroatoms. The molecule has 0 aliphatic carbocycles. The molecule has 0 saturated carbocycles. The summed E-state index contributed by atoms with van der Waals surface area (Å²) in [7, 11) is 1.69. The van der Waals surface area contributed by atoms with Crippen molar-refractivity contribution in [3.05, 3.63) is 29.7 Å². The zero-order valence-electron chi connectivity index (χ0n) is 17.9. The topological polar surface area (TPSA) is 95.5 Å². The second-order valence-corrected chi connectivity index (χ2v) is 8.25. The lowest BCUT2D eigenvalue weighted by atomic mass is 9.76. The summed E-state index contributed by atoms with van der Waals surface area (Å²) < 4.78 is 18.3. The van der Waals surface area contributed by atoms with E-state index in [1.54, 1.807) is 17.9 Å². The highest BCUT2D eigenvalue weighted by atomic mass is 16.5. The number of amides is 1. The molecule has 9 nitrogen and oxygen atoms in total. The van der Waals surface area contributed by atoms with E-state index in [1.165, 1.54) is 0 Å². The molecule has 2 aliphatic rings. The molecule has 2 aliphatic heterocycles. The van der Waals surface area contributed by atoms with Gasteiger partial charge in [-0.3, -0.25) is 9.48 Å². The van der Waals surface area contributed by atoms with E-state index in [9.17, 15) is 4.79 Å². The molecule has 1 amide bonds. The van der Waals surface area contributed by atoms with Crippen LogP contribution in [0, 0.1) is 0 Å². The molecule has 30 heavy (non-hydrogen) atoms. The molecule has 1 atom stereocenters. The molecule has 0 bridgehead atoms. The van der Waals surface area contributed by atoms with Gasteiger partial charge in [0.2, 0.25) is 5.89 Å². The number of nitrogens with zero attached hydrogens (tertiary/aromatic N) is 5. The molecule has 0 radical (unpaired) electrons. The first kappa shape index (κ1) is 21.0. The highest BCUT2D eigenvalue weighted by Gasteiger charge is 2.43. The number of rotatable bonds is 7. The first-order valence-corrected chi connectivity index (χ1v) is 10.9. The number of aryl methyl sites for hydroxylation is 1. The average molecular weight is 418 g/mol. The van der Waals surface area contributed by atoms with Crippen LogP contribution in [0.5, 0.6) is 0 Å². The number of hydrogen-bond donors (Lipinski definition) is 0. The van der Waals surface area contributed by atoms with Crippen LogP contribution >= 0.6 is 0 Å². The van der Waals surface area contributed by atoms with E-state index in [4.69, 9.17) is 19.0 Å². The minimum absolute atomic E-state index is 0.0446. The van der Waals surface area contributed by atoms with Crippen LogP contribution in [0.15, 0.2) is 16.8 Å². The third kappa shape index (κ3) is 4.27. The van der Waals surface area contributed by atoms with Gasteiger partial charge in [0.25, 0.3) is 5.91 Å². The first-order chi connectivity index (χ1) is 14.6. The van der Waals surface area contributed by atoms with E-state index in [0.29, 0.717) is 37.1 Å². The van der Waals surface area contributed by atoms with Gasteiger partial charge >= 0.3 is 0 Å². The summed E-state index contributed by atoms with van der Waals surface area (Å²) in [6, 6.07) is 1.79. The van der Waals surface area contributed by atoms with Gasteiger partial charge < -0.3 is 18.9 Å². The van der Waals surface area contributed by atoms with Crippen LogP contribution in [-0.2, 0) is 21.4 Å². The van der Waals surface area contributed by atoms with E-state index in [-0.39, 0.29) is 17.2 Å². The number of ether oxygens (including phenoxy) is 2. The zero-order valence-corrected chi connectivity index (χ0v) is 17.9. The fourth-order valence-corrected chi connectivity index (χ4v) is 4.48. The standard InChI is InChI=1S/C21H31N5O4/c1-3-26-11-5-17(23-26)19(27)25-10-4-8-21(15-25,9-14-28-2)20-22-18(30-24-20)16-6-12-29-13-7-16/h5,11,16H,3-4,6-10,12-15H2,1-2H3. The lowest BCUT2D eigenvalue weighted by molar-refractivity contribution is 0.0560. The maximum absolute atomic E-state index is 13.1. The third-order valence-corrected chi connectivity index (χ3v) is 6.32. The van der Waals surface area contributed by atoms with E-state index in [1.807, 2.05) is 18.0 Å². The van der Waals surface area contributed by atoms with Crippen LogP contribution in [0.1, 0.15) is 67.1 Å². The summed E-state index contributed by atoms with van der Waals surface area (Å²) in [6.07, 6.45) is 6.16. The predicted molar refractivity (Wildman–Crippen MR) is 108 cm³/mol. The number of piperidine rings is 1. The van der Waals surface area contributed by atoms with Crippen molar-refractivity contribution in [3.63, 3.8) is 0 Å². The molecular formula is C21H31N5O4. The summed E-state index contributed by atoms with van der Waals surface area (Å²) in [5.41, 5.74) is 0.111. The summed E-state index contributed by atoms with van der Waals surface area (Å²) in [4.78, 5) is 19.8. The van der Waals surface area contributed by atoms with Gasteiger partial charge in [0.1, 0.15) is 5.69 Å². The highest BCUT2D eigenvalue weighted by molar-refractivity contribution is 5.92. The lowest BCUT2D eigenvalue weighted by Crippen LogP contribution is -2.49. The molecule has 4 heterocycles. The molecular weight excluding hydrogens is 386 g/mol. The van der Waals surface area contributed by atoms with Gasteiger partial charge in [-0.05, 0) is 45.1 Å². The van der Waals surface area contributed by atoms with Crippen LogP contribution in [0.25, 0.3) is 0 Å². The summed E-state index contributed by atoms with van der Waals surface area (Å²) in [6.45, 7) is 6.02. The molecule has 0 aromatic carbocycles. The molecule has 2 saturated heterocycles. The summed E-state index contributed by atoms with van der Waals surface area (Å²) in [5.74, 6) is 1.59. The molecule has 4 rings (SSSR count). The second-order valence-electron chi connectivity index (χ2n) is 8.25. The highest BCUT2D eigenvalue weighted by Crippen LogP contribution is 2.37. The number of hydrogen-bond acceptors (Lipinski definition) is 7. The molecule has 0 spiro atoms. The molecule has 2 fully saturated rings. The van der Waals surface area contributed by atoms with Crippen molar-refractivity contribution in [3.8, 4) is 0 Å². The van der Waals surface area contributed by atoms with E-state index >= 15 is 0 Å². The summed E-state index contributed by atoms with van der Waals surface area (Å²) >= 11 is 0. The predicted octanol–water partition coefficient (Wildman–Crippen LogP) is 2.39. The van der Waals surface area contributed by atoms with Crippen molar-refractivity contribution in [2.75, 3.05) is 40.0 Å². The molecule has 2 aromatic heterocycles. The summed E-state index contributed by atoms with van der Waals surface area (Å²) in [5, 5.41) is 8.77. The van der Waals surface area contributed by atoms with Crippen LogP contribution in [0.2, 0.25) is 0 Å². The SMILES string of the molecule is CCn1ccc(C(=O)N2CCCC(CCOC)(c3noc(C4CCOCC4)n3)C2)n1. The number of carbonyl (C=O) groups is 1. The van der Waals surface area contributed by atoms with E-state index in [2.05, 4.69) is 10.3 Å². The Morgan fingerprint density at radius 1 is 1.37 bits per heavy atom. The Balaban J connectivity index is 1.56. The van der Waals surface area contributed by atoms with Gasteiger partial charge in [-0.25, -0.2) is 0 Å². The fourth-order valence-electron chi connectivity index (χ4n) is 4.48. The Morgan fingerprint density at radius 2 is 2.20 bits per heavy atom. The van der Waals surface area contributed by atoms with Crippen LogP contribution < -0.4 is 0 Å². The van der Waals surface area contributed by atoms with Gasteiger partial charge in [0.05, 0.1) is 5.41 Å². The van der Waals surface area contributed by atoms with E-state index in [0.717, 1.165) is 51.9 Å². The fraction of sp³-hybridized carbons (Fsp3) is 0.714. The van der Waals surface area contributed by atoms with Gasteiger partial charge in [0.15, 0.2) is 5.82 Å². The quantitative estimate of drug-likeness (QED) is 0.682. The van der Waals surface area contributed by atoms with Gasteiger partial charge in [-0.1, -0.05) is 5.16 Å². The number of carbonyl (C=O) groups excluding carboxylic acids is 1. The van der Waals surface area contributed by atoms with Crippen molar-refractivity contribution >= 4 is 5.91 Å². The number of likely N-dealkylation sites (tertiary alicyclic amines) is 1. The maximum atomic E-state index is 13.1.